The fraction of sp³-hybridized carbons (Fsp3) is 0.450. The Labute approximate surface area is 161 Å². The number of hydrogen-bond donors (Lipinski definition) is 1. The second kappa shape index (κ2) is 7.00. The number of aryl methyl sites for hydroxylation is 1. The fourth-order valence-corrected chi connectivity index (χ4v) is 4.56. The van der Waals surface area contributed by atoms with Crippen LogP contribution in [0.4, 0.5) is 0 Å². The number of fused-ring (bicyclic) bond motifs is 3. The number of nitrogens with one attached hydrogen (secondary N) is 1. The molecule has 142 valence electrons. The largest absolute Gasteiger partial charge is 0.360 e. The van der Waals surface area contributed by atoms with E-state index in [1.807, 2.05) is 22.8 Å². The molecule has 0 spiro atoms. The van der Waals surface area contributed by atoms with Gasteiger partial charge in [-0.25, -0.2) is 0 Å². The van der Waals surface area contributed by atoms with E-state index >= 15 is 0 Å². The van der Waals surface area contributed by atoms with Crippen LogP contribution in [0, 0.1) is 12.8 Å². The lowest BCUT2D eigenvalue weighted by molar-refractivity contribution is -0.119. The van der Waals surface area contributed by atoms with Crippen molar-refractivity contribution >= 4 is 39.3 Å². The van der Waals surface area contributed by atoms with Crippen LogP contribution >= 0.6 is 11.6 Å². The Morgan fingerprint density at radius 1 is 1.37 bits per heavy atom. The van der Waals surface area contributed by atoms with Gasteiger partial charge in [-0.2, -0.15) is 0 Å². The quantitative estimate of drug-likeness (QED) is 0.737. The molecular weight excluding hydrogens is 366 g/mol. The van der Waals surface area contributed by atoms with E-state index in [0.29, 0.717) is 34.1 Å². The minimum absolute atomic E-state index is 0.0203. The predicted octanol–water partition coefficient (Wildman–Crippen LogP) is 3.97. The number of amides is 1. The molecule has 1 N–H and O–H groups in total. The van der Waals surface area contributed by atoms with Gasteiger partial charge in [0.05, 0.1) is 10.5 Å². The molecule has 1 saturated carbocycles. The summed E-state index contributed by atoms with van der Waals surface area (Å²) in [5, 5.41) is 8.83. The lowest BCUT2D eigenvalue weighted by atomic mass is 9.85. The average molecular weight is 388 g/mol. The summed E-state index contributed by atoms with van der Waals surface area (Å²) in [6, 6.07) is 5.65. The van der Waals surface area contributed by atoms with Gasteiger partial charge in [0.1, 0.15) is 16.7 Å². The second-order valence-electron chi connectivity index (χ2n) is 7.40. The molecule has 3 aromatic rings. The first kappa shape index (κ1) is 18.0. The summed E-state index contributed by atoms with van der Waals surface area (Å²) in [7, 11) is 0. The number of carbonyl (C=O) groups excluding carboxylic acids is 1. The highest BCUT2D eigenvalue weighted by Gasteiger charge is 2.28. The third kappa shape index (κ3) is 3.12. The highest BCUT2D eigenvalue weighted by molar-refractivity contribution is 6.37. The molecule has 2 aromatic heterocycles. The van der Waals surface area contributed by atoms with E-state index in [4.69, 9.17) is 16.1 Å². The normalized spacial score (nSPS) is 20.3. The Kier molecular flexibility index (Phi) is 4.68. The van der Waals surface area contributed by atoms with Crippen molar-refractivity contribution in [3.05, 3.63) is 39.3 Å². The molecule has 6 nitrogen and oxygen atoms in total. The van der Waals surface area contributed by atoms with Crippen molar-refractivity contribution in [2.75, 3.05) is 6.54 Å². The predicted molar refractivity (Wildman–Crippen MR) is 105 cm³/mol. The van der Waals surface area contributed by atoms with E-state index in [2.05, 4.69) is 10.5 Å². The van der Waals surface area contributed by atoms with Crippen LogP contribution in [0.1, 0.15) is 44.4 Å². The molecule has 1 aliphatic carbocycles. The zero-order valence-corrected chi connectivity index (χ0v) is 16.2. The molecule has 2 heterocycles. The van der Waals surface area contributed by atoms with Gasteiger partial charge in [0.25, 0.3) is 5.56 Å². The molecule has 27 heavy (non-hydrogen) atoms. The molecule has 4 rings (SSSR count). The van der Waals surface area contributed by atoms with E-state index in [1.54, 1.807) is 6.92 Å². The molecule has 1 amide bonds. The van der Waals surface area contributed by atoms with Gasteiger partial charge in [0.2, 0.25) is 5.91 Å². The van der Waals surface area contributed by atoms with E-state index < -0.39 is 0 Å². The van der Waals surface area contributed by atoms with Crippen molar-refractivity contribution in [3.63, 3.8) is 0 Å². The first-order chi connectivity index (χ1) is 13.0. The van der Waals surface area contributed by atoms with E-state index in [-0.39, 0.29) is 17.5 Å². The second-order valence-corrected chi connectivity index (χ2v) is 7.80. The van der Waals surface area contributed by atoms with Crippen molar-refractivity contribution in [1.29, 1.82) is 0 Å². The molecule has 2 atom stereocenters. The summed E-state index contributed by atoms with van der Waals surface area (Å²) < 4.78 is 7.19. The lowest BCUT2D eigenvalue weighted by Crippen LogP contribution is -2.34. The van der Waals surface area contributed by atoms with Crippen LogP contribution in [0.2, 0.25) is 5.02 Å². The van der Waals surface area contributed by atoms with Gasteiger partial charge in [-0.1, -0.05) is 29.2 Å². The number of rotatable bonds is 3. The Hall–Kier alpha value is -2.34. The van der Waals surface area contributed by atoms with E-state index in [0.717, 1.165) is 36.6 Å². The Morgan fingerprint density at radius 3 is 2.96 bits per heavy atom. The van der Waals surface area contributed by atoms with Gasteiger partial charge >= 0.3 is 0 Å². The van der Waals surface area contributed by atoms with Gasteiger partial charge in [0.15, 0.2) is 0 Å². The lowest BCUT2D eigenvalue weighted by Gasteiger charge is -2.31. The molecule has 0 aliphatic heterocycles. The van der Waals surface area contributed by atoms with Gasteiger partial charge in [-0.05, 0) is 44.2 Å². The number of nitrogens with zero attached hydrogens (tertiary/aromatic N) is 2. The van der Waals surface area contributed by atoms with Crippen LogP contribution in [-0.4, -0.2) is 22.2 Å². The Balaban J connectivity index is 1.86. The highest BCUT2D eigenvalue weighted by atomic mass is 35.5. The summed E-state index contributed by atoms with van der Waals surface area (Å²) >= 11 is 6.48. The van der Waals surface area contributed by atoms with E-state index in [9.17, 15) is 9.59 Å². The van der Waals surface area contributed by atoms with Crippen LogP contribution < -0.4 is 10.9 Å². The molecule has 0 bridgehead atoms. The number of aromatic nitrogens is 2. The van der Waals surface area contributed by atoms with Crippen molar-refractivity contribution in [2.45, 2.75) is 45.6 Å². The first-order valence-corrected chi connectivity index (χ1v) is 9.68. The number of carbonyl (C=O) groups is 1. The van der Waals surface area contributed by atoms with Crippen molar-refractivity contribution < 1.29 is 9.32 Å². The summed E-state index contributed by atoms with van der Waals surface area (Å²) in [5.41, 5.74) is 1.24. The van der Waals surface area contributed by atoms with Gasteiger partial charge in [-0.15, -0.1) is 0 Å². The zero-order chi connectivity index (χ0) is 19.1. The summed E-state index contributed by atoms with van der Waals surface area (Å²) in [6.07, 6.45) is 3.84. The Bertz CT molecular complexity index is 1090. The first-order valence-electron chi connectivity index (χ1n) is 9.30. The highest BCUT2D eigenvalue weighted by Crippen LogP contribution is 2.36. The average Bonchev–Trinajstić information content (AvgIpc) is 3.02. The maximum Gasteiger partial charge on any atom is 0.264 e. The SMILES string of the molecule is CC(=O)NC[C@@H]1CCC[C@H](n2c(=O)c3c(C)onc3c3c(Cl)cccc32)C1. The van der Waals surface area contributed by atoms with Gasteiger partial charge in [0, 0.05) is 24.9 Å². The van der Waals surface area contributed by atoms with Crippen molar-refractivity contribution in [3.8, 4) is 0 Å². The van der Waals surface area contributed by atoms with Crippen LogP contribution in [0.25, 0.3) is 21.8 Å². The molecule has 0 saturated heterocycles. The van der Waals surface area contributed by atoms with Crippen LogP contribution in [0.15, 0.2) is 27.5 Å². The standard InChI is InChI=1S/C20H22ClN3O3/c1-11-17-19(23-27-11)18-15(21)7-4-8-16(18)24(20(17)26)14-6-3-5-13(9-14)10-22-12(2)25/h4,7-8,13-14H,3,5-6,9-10H2,1-2H3,(H,22,25)/t13-,14+/m1/s1. The summed E-state index contributed by atoms with van der Waals surface area (Å²) in [6.45, 7) is 3.93. The summed E-state index contributed by atoms with van der Waals surface area (Å²) in [5.74, 6) is 0.845. The van der Waals surface area contributed by atoms with Gasteiger partial charge < -0.3 is 14.4 Å². The summed E-state index contributed by atoms with van der Waals surface area (Å²) in [4.78, 5) is 24.6. The smallest absolute Gasteiger partial charge is 0.264 e. The number of pyridine rings is 1. The molecule has 7 heteroatoms. The van der Waals surface area contributed by atoms with Crippen LogP contribution in [0.3, 0.4) is 0 Å². The van der Waals surface area contributed by atoms with Crippen LogP contribution in [0.5, 0.6) is 0 Å². The monoisotopic (exact) mass is 387 g/mol. The molecule has 1 aliphatic rings. The zero-order valence-electron chi connectivity index (χ0n) is 15.4. The molecule has 0 unspecified atom stereocenters. The maximum atomic E-state index is 13.4. The third-order valence-corrected chi connectivity index (χ3v) is 5.86. The molecular formula is C20H22ClN3O3. The van der Waals surface area contributed by atoms with Gasteiger partial charge in [-0.3, -0.25) is 9.59 Å². The van der Waals surface area contributed by atoms with Crippen LogP contribution in [-0.2, 0) is 4.79 Å². The topological polar surface area (TPSA) is 77.1 Å². The molecule has 1 fully saturated rings. The number of halogens is 1. The molecule has 1 aromatic carbocycles. The Morgan fingerprint density at radius 2 is 2.19 bits per heavy atom. The van der Waals surface area contributed by atoms with Crippen molar-refractivity contribution in [1.82, 2.24) is 15.0 Å². The van der Waals surface area contributed by atoms with Crippen molar-refractivity contribution in [2.24, 2.45) is 5.92 Å². The fourth-order valence-electron chi connectivity index (χ4n) is 4.31. The number of hydrogen-bond acceptors (Lipinski definition) is 4. The minimum atomic E-state index is -0.0799. The minimum Gasteiger partial charge on any atom is -0.360 e. The maximum absolute atomic E-state index is 13.4. The number of benzene rings is 1. The third-order valence-electron chi connectivity index (χ3n) is 5.54. The molecule has 0 radical (unpaired) electrons. The van der Waals surface area contributed by atoms with E-state index in [1.165, 1.54) is 6.92 Å².